The molecule has 4 heteroatoms. The van der Waals surface area contributed by atoms with Gasteiger partial charge in [-0.3, -0.25) is 0 Å². The molecule has 0 fully saturated rings. The van der Waals surface area contributed by atoms with Gasteiger partial charge in [0, 0.05) is 5.59 Å². The minimum Gasteiger partial charge on any atom is -0.234 e. The summed E-state index contributed by atoms with van der Waals surface area (Å²) in [6, 6.07) is 1.84. The molecule has 0 amide bonds. The van der Waals surface area contributed by atoms with Crippen molar-refractivity contribution in [2.45, 2.75) is 0 Å². The molecule has 1 rings (SSSR count). The van der Waals surface area contributed by atoms with Gasteiger partial charge >= 0.3 is 0 Å². The van der Waals surface area contributed by atoms with E-state index in [2.05, 4.69) is 4.98 Å². The fraction of sp³-hybridized carbons (Fsp3) is 0. The third kappa shape index (κ3) is 1.25. The predicted octanol–water partition coefficient (Wildman–Crippen LogP) is 0.154. The van der Waals surface area contributed by atoms with Crippen molar-refractivity contribution in [3.05, 3.63) is 23.9 Å². The maximum Gasteiger partial charge on any atom is 0.212 e. The molecule has 0 saturated heterocycles. The zero-order chi connectivity index (χ0) is 6.85. The van der Waals surface area contributed by atoms with Crippen LogP contribution >= 0.6 is 0 Å². The average Bonchev–Trinajstić information content (AvgIpc) is 1.80. The fourth-order valence-electron chi connectivity index (χ4n) is 0.433. The highest BCUT2D eigenvalue weighted by molar-refractivity contribution is 6.30. The number of halogens is 2. The first-order valence-corrected chi connectivity index (χ1v) is 2.27. The van der Waals surface area contributed by atoms with Gasteiger partial charge in [0.05, 0.1) is 0 Å². The van der Waals surface area contributed by atoms with Crippen molar-refractivity contribution in [3.8, 4) is 0 Å². The van der Waals surface area contributed by atoms with Crippen LogP contribution in [0.15, 0.2) is 12.1 Å². The first-order valence-electron chi connectivity index (χ1n) is 2.27. The number of nitrogens with zero attached hydrogens (tertiary/aromatic N) is 1. The van der Waals surface area contributed by atoms with E-state index in [1.54, 1.807) is 0 Å². The van der Waals surface area contributed by atoms with E-state index in [9.17, 15) is 8.78 Å². The van der Waals surface area contributed by atoms with Crippen LogP contribution in [0.4, 0.5) is 8.78 Å². The molecule has 1 nitrogen and oxygen atoms in total. The molecule has 1 aromatic heterocycles. The highest BCUT2D eigenvalue weighted by Crippen LogP contribution is 1.91. The molecule has 0 aliphatic carbocycles. The average molecular weight is 125 g/mol. The Morgan fingerprint density at radius 2 is 2.00 bits per heavy atom. The second-order valence-corrected chi connectivity index (χ2v) is 1.50. The second-order valence-electron chi connectivity index (χ2n) is 1.50. The second kappa shape index (κ2) is 2.13. The van der Waals surface area contributed by atoms with Crippen molar-refractivity contribution in [3.63, 3.8) is 0 Å². The summed E-state index contributed by atoms with van der Waals surface area (Å²) in [4.78, 5) is 3.01. The fourth-order valence-corrected chi connectivity index (χ4v) is 0.433. The molecule has 0 bridgehead atoms. The Morgan fingerprint density at radius 1 is 1.33 bits per heavy atom. The van der Waals surface area contributed by atoms with Gasteiger partial charge in [-0.15, -0.1) is 0 Å². The Kier molecular flexibility index (Phi) is 1.47. The topological polar surface area (TPSA) is 12.9 Å². The lowest BCUT2D eigenvalue weighted by molar-refractivity contribution is 0.568. The van der Waals surface area contributed by atoms with Gasteiger partial charge in [-0.05, 0) is 12.1 Å². The molecule has 0 aliphatic rings. The van der Waals surface area contributed by atoms with Gasteiger partial charge in [-0.1, -0.05) is 0 Å². The molecule has 1 heterocycles. The van der Waals surface area contributed by atoms with Crippen molar-refractivity contribution in [1.82, 2.24) is 4.98 Å². The highest BCUT2D eigenvalue weighted by atomic mass is 19.1. The Morgan fingerprint density at radius 3 is 2.44 bits per heavy atom. The van der Waals surface area contributed by atoms with E-state index in [4.69, 9.17) is 7.85 Å². The predicted molar refractivity (Wildman–Crippen MR) is 29.5 cm³/mol. The van der Waals surface area contributed by atoms with Crippen molar-refractivity contribution in [1.29, 1.82) is 0 Å². The maximum absolute atomic E-state index is 12.1. The van der Waals surface area contributed by atoms with Gasteiger partial charge in [-0.25, -0.2) is 9.37 Å². The van der Waals surface area contributed by atoms with E-state index >= 15 is 0 Å². The summed E-state index contributed by atoms with van der Waals surface area (Å²) in [5.41, 5.74) is -0.407. The van der Waals surface area contributed by atoms with Crippen LogP contribution in [0.5, 0.6) is 0 Å². The summed E-state index contributed by atoms with van der Waals surface area (Å²) < 4.78 is 24.1. The molecule has 0 atom stereocenters. The number of rotatable bonds is 0. The van der Waals surface area contributed by atoms with Crippen LogP contribution in [-0.2, 0) is 0 Å². The molecule has 1 aromatic rings. The molecular formula is C5H2BF2N. The van der Waals surface area contributed by atoms with E-state index in [1.807, 2.05) is 0 Å². The Hall–Kier alpha value is -0.925. The van der Waals surface area contributed by atoms with Gasteiger partial charge in [0.25, 0.3) is 0 Å². The van der Waals surface area contributed by atoms with Gasteiger partial charge in [0.15, 0.2) is 0 Å². The number of pyridine rings is 1. The normalized spacial score (nSPS) is 9.56. The largest absolute Gasteiger partial charge is 0.234 e. The van der Waals surface area contributed by atoms with E-state index in [0.29, 0.717) is 0 Å². The molecule has 0 unspecified atom stereocenters. The molecule has 0 aromatic carbocycles. The molecule has 0 saturated carbocycles. The number of hydrogen-bond acceptors (Lipinski definition) is 1. The summed E-state index contributed by atoms with van der Waals surface area (Å²) >= 11 is 0. The lowest BCUT2D eigenvalue weighted by Crippen LogP contribution is -2.14. The lowest BCUT2D eigenvalue weighted by Gasteiger charge is -1.92. The molecule has 0 aliphatic heterocycles. The van der Waals surface area contributed by atoms with Crippen LogP contribution in [0.3, 0.4) is 0 Å². The van der Waals surface area contributed by atoms with E-state index in [0.717, 1.165) is 12.1 Å². The number of aromatic nitrogens is 1. The van der Waals surface area contributed by atoms with Crippen molar-refractivity contribution >= 4 is 13.4 Å². The Bertz CT molecular complexity index is 226. The molecule has 44 valence electrons. The molecule has 0 N–H and O–H groups in total. The molecule has 0 spiro atoms. The van der Waals surface area contributed by atoms with Crippen molar-refractivity contribution < 1.29 is 8.78 Å². The smallest absolute Gasteiger partial charge is 0.212 e. The summed E-state index contributed by atoms with van der Waals surface area (Å²) in [5.74, 6) is -1.47. The van der Waals surface area contributed by atoms with Crippen LogP contribution in [0.2, 0.25) is 0 Å². The van der Waals surface area contributed by atoms with Crippen molar-refractivity contribution in [2.24, 2.45) is 0 Å². The first-order chi connectivity index (χ1) is 4.20. The molecular weight excluding hydrogens is 123 g/mol. The Balaban J connectivity index is 3.17. The SMILES string of the molecule is [B]c1nc(F)ccc1F. The van der Waals surface area contributed by atoms with E-state index in [1.165, 1.54) is 0 Å². The zero-order valence-corrected chi connectivity index (χ0v) is 4.44. The van der Waals surface area contributed by atoms with Gasteiger partial charge in [0.1, 0.15) is 13.7 Å². The van der Waals surface area contributed by atoms with Gasteiger partial charge < -0.3 is 0 Å². The maximum atomic E-state index is 12.1. The van der Waals surface area contributed by atoms with Crippen LogP contribution in [0, 0.1) is 11.8 Å². The first kappa shape index (κ1) is 6.20. The number of hydrogen-bond donors (Lipinski definition) is 0. The summed E-state index contributed by atoms with van der Waals surface area (Å²) in [6.07, 6.45) is 0. The van der Waals surface area contributed by atoms with E-state index < -0.39 is 17.4 Å². The summed E-state index contributed by atoms with van der Waals surface area (Å²) in [5, 5.41) is 0. The summed E-state index contributed by atoms with van der Waals surface area (Å²) in [7, 11) is 4.89. The van der Waals surface area contributed by atoms with Gasteiger partial charge in [0.2, 0.25) is 5.95 Å². The molecule has 9 heavy (non-hydrogen) atoms. The van der Waals surface area contributed by atoms with Crippen LogP contribution < -0.4 is 5.59 Å². The Labute approximate surface area is 52.1 Å². The van der Waals surface area contributed by atoms with Crippen molar-refractivity contribution in [2.75, 3.05) is 0 Å². The van der Waals surface area contributed by atoms with Crippen LogP contribution in [0.1, 0.15) is 0 Å². The lowest BCUT2D eigenvalue weighted by atomic mass is 10.0. The third-order valence-corrected chi connectivity index (χ3v) is 0.839. The highest BCUT2D eigenvalue weighted by Gasteiger charge is 1.96. The minimum atomic E-state index is -0.770. The quantitative estimate of drug-likeness (QED) is 0.355. The van der Waals surface area contributed by atoms with Crippen LogP contribution in [-0.4, -0.2) is 12.8 Å². The zero-order valence-electron chi connectivity index (χ0n) is 4.44. The minimum absolute atomic E-state index is 0.407. The monoisotopic (exact) mass is 125 g/mol. The summed E-state index contributed by atoms with van der Waals surface area (Å²) in [6.45, 7) is 0. The van der Waals surface area contributed by atoms with Gasteiger partial charge in [-0.2, -0.15) is 4.39 Å². The molecule has 2 radical (unpaired) electrons. The standard InChI is InChI=1S/C5H2BF2N/c6-5-3(7)1-2-4(8)9-5/h1-2H. The van der Waals surface area contributed by atoms with E-state index in [-0.39, 0.29) is 0 Å². The third-order valence-electron chi connectivity index (χ3n) is 0.839. The van der Waals surface area contributed by atoms with Crippen LogP contribution in [0.25, 0.3) is 0 Å².